The smallest absolute Gasteiger partial charge is 0.135 e. The van der Waals surface area contributed by atoms with E-state index in [0.29, 0.717) is 16.8 Å². The zero-order valence-corrected chi connectivity index (χ0v) is 10.1. The van der Waals surface area contributed by atoms with Crippen LogP contribution in [0.15, 0.2) is 12.1 Å². The predicted octanol–water partition coefficient (Wildman–Crippen LogP) is 3.43. The second kappa shape index (κ2) is 3.49. The van der Waals surface area contributed by atoms with Gasteiger partial charge in [-0.05, 0) is 46.2 Å². The van der Waals surface area contributed by atoms with Gasteiger partial charge in [0.25, 0.3) is 0 Å². The average Bonchev–Trinajstić information content (AvgIpc) is 2.48. The first-order valence-corrected chi connectivity index (χ1v) is 5.50. The van der Waals surface area contributed by atoms with E-state index in [2.05, 4.69) is 10.2 Å². The zero-order chi connectivity index (χ0) is 10.3. The number of aromatic nitrogens is 2. The summed E-state index contributed by atoms with van der Waals surface area (Å²) in [6.07, 6.45) is 0. The van der Waals surface area contributed by atoms with E-state index in [0.717, 1.165) is 9.26 Å². The Morgan fingerprint density at radius 3 is 2.79 bits per heavy atom. The number of hydrogen-bond acceptors (Lipinski definition) is 1. The molecule has 0 aliphatic rings. The summed E-state index contributed by atoms with van der Waals surface area (Å²) in [6, 6.07) is 3.52. The molecule has 0 saturated heterocycles. The van der Waals surface area contributed by atoms with E-state index >= 15 is 0 Å². The topological polar surface area (TPSA) is 28.7 Å². The van der Waals surface area contributed by atoms with Gasteiger partial charge in [-0.3, -0.25) is 5.10 Å². The molecule has 0 aliphatic carbocycles. The van der Waals surface area contributed by atoms with Crippen molar-refractivity contribution in [2.45, 2.75) is 19.8 Å². The van der Waals surface area contributed by atoms with Crippen LogP contribution in [0.1, 0.15) is 25.3 Å². The lowest BCUT2D eigenvalue weighted by molar-refractivity contribution is 0.635. The van der Waals surface area contributed by atoms with E-state index < -0.39 is 0 Å². The number of halogens is 2. The van der Waals surface area contributed by atoms with Crippen molar-refractivity contribution in [1.29, 1.82) is 0 Å². The van der Waals surface area contributed by atoms with E-state index in [4.69, 9.17) is 0 Å². The van der Waals surface area contributed by atoms with Gasteiger partial charge in [0.05, 0.1) is 10.9 Å². The van der Waals surface area contributed by atoms with Gasteiger partial charge in [-0.15, -0.1) is 0 Å². The molecule has 2 nitrogen and oxygen atoms in total. The fraction of sp³-hybridized carbons (Fsp3) is 0.300. The lowest BCUT2D eigenvalue weighted by atomic mass is 10.0. The lowest BCUT2D eigenvalue weighted by Crippen LogP contribution is -1.89. The molecule has 2 rings (SSSR count). The van der Waals surface area contributed by atoms with Crippen LogP contribution in [0.25, 0.3) is 10.9 Å². The first kappa shape index (κ1) is 9.89. The maximum Gasteiger partial charge on any atom is 0.135 e. The summed E-state index contributed by atoms with van der Waals surface area (Å²) < 4.78 is 14.4. The average molecular weight is 304 g/mol. The minimum atomic E-state index is -0.190. The molecule has 74 valence electrons. The normalized spacial score (nSPS) is 11.5. The summed E-state index contributed by atoms with van der Waals surface area (Å²) in [7, 11) is 0. The molecule has 0 atom stereocenters. The molecule has 4 heteroatoms. The molecule has 0 fully saturated rings. The van der Waals surface area contributed by atoms with Crippen molar-refractivity contribution in [3.05, 3.63) is 27.2 Å². The Labute approximate surface area is 95.0 Å². The van der Waals surface area contributed by atoms with Gasteiger partial charge in [0.15, 0.2) is 0 Å². The van der Waals surface area contributed by atoms with Crippen LogP contribution in [0.5, 0.6) is 0 Å². The number of H-pyrrole nitrogens is 1. The highest BCUT2D eigenvalue weighted by atomic mass is 127. The number of aromatic amines is 1. The zero-order valence-electron chi connectivity index (χ0n) is 7.94. The first-order valence-electron chi connectivity index (χ1n) is 4.42. The van der Waals surface area contributed by atoms with Gasteiger partial charge in [0.1, 0.15) is 9.52 Å². The Morgan fingerprint density at radius 2 is 2.14 bits per heavy atom. The van der Waals surface area contributed by atoms with E-state index in [1.165, 1.54) is 0 Å². The number of nitrogens with one attached hydrogen (secondary N) is 1. The van der Waals surface area contributed by atoms with Gasteiger partial charge in [0.2, 0.25) is 0 Å². The molecule has 0 aliphatic heterocycles. The maximum atomic E-state index is 13.6. The number of nitrogens with zero attached hydrogens (tertiary/aromatic N) is 1. The molecule has 14 heavy (non-hydrogen) atoms. The standard InChI is InChI=1S/C10H10FIN2/c1-5(2)6-3-7(11)9-8(4-6)13-14-10(9)12/h3-5H,1-2H3,(H,13,14). The predicted molar refractivity (Wildman–Crippen MR) is 62.9 cm³/mol. The highest BCUT2D eigenvalue weighted by molar-refractivity contribution is 14.1. The number of hydrogen-bond donors (Lipinski definition) is 1. The highest BCUT2D eigenvalue weighted by Crippen LogP contribution is 2.25. The molecular weight excluding hydrogens is 294 g/mol. The summed E-state index contributed by atoms with van der Waals surface area (Å²) in [5.41, 5.74) is 1.69. The van der Waals surface area contributed by atoms with Crippen molar-refractivity contribution in [2.24, 2.45) is 0 Å². The van der Waals surface area contributed by atoms with Gasteiger partial charge in [-0.1, -0.05) is 13.8 Å². The van der Waals surface area contributed by atoms with Crippen molar-refractivity contribution < 1.29 is 4.39 Å². The maximum absolute atomic E-state index is 13.6. The molecule has 0 spiro atoms. The Balaban J connectivity index is 2.74. The molecule has 2 aromatic rings. The summed E-state index contributed by atoms with van der Waals surface area (Å²) >= 11 is 2.05. The van der Waals surface area contributed by atoms with Gasteiger partial charge in [-0.25, -0.2) is 4.39 Å². The van der Waals surface area contributed by atoms with Crippen molar-refractivity contribution >= 4 is 33.5 Å². The summed E-state index contributed by atoms with van der Waals surface area (Å²) in [5.74, 6) is 0.132. The van der Waals surface area contributed by atoms with Crippen molar-refractivity contribution in [1.82, 2.24) is 10.2 Å². The Kier molecular flexibility index (Phi) is 2.47. The number of fused-ring (bicyclic) bond motifs is 1. The van der Waals surface area contributed by atoms with Gasteiger partial charge in [-0.2, -0.15) is 5.10 Å². The number of benzene rings is 1. The molecule has 0 unspecified atom stereocenters. The van der Waals surface area contributed by atoms with E-state index in [-0.39, 0.29) is 5.82 Å². The van der Waals surface area contributed by atoms with Crippen LogP contribution in [-0.2, 0) is 0 Å². The molecule has 1 N–H and O–H groups in total. The van der Waals surface area contributed by atoms with E-state index in [1.807, 2.05) is 42.5 Å². The molecule has 1 aromatic heterocycles. The second-order valence-corrected chi connectivity index (χ2v) is 4.67. The SMILES string of the molecule is CC(C)c1cc(F)c2c(I)[nH]nc2c1. The van der Waals surface area contributed by atoms with Crippen LogP contribution in [0.3, 0.4) is 0 Å². The first-order chi connectivity index (χ1) is 6.59. The van der Waals surface area contributed by atoms with Crippen LogP contribution in [0, 0.1) is 9.52 Å². The Morgan fingerprint density at radius 1 is 1.43 bits per heavy atom. The van der Waals surface area contributed by atoms with Crippen LogP contribution in [-0.4, -0.2) is 10.2 Å². The van der Waals surface area contributed by atoms with Crippen LogP contribution in [0.2, 0.25) is 0 Å². The van der Waals surface area contributed by atoms with E-state index in [9.17, 15) is 4.39 Å². The summed E-state index contributed by atoms with van der Waals surface area (Å²) in [6.45, 7) is 4.08. The molecule has 0 bridgehead atoms. The third-order valence-electron chi connectivity index (χ3n) is 2.25. The minimum Gasteiger partial charge on any atom is -0.271 e. The third kappa shape index (κ3) is 1.51. The van der Waals surface area contributed by atoms with Gasteiger partial charge >= 0.3 is 0 Å². The largest absolute Gasteiger partial charge is 0.271 e. The van der Waals surface area contributed by atoms with E-state index in [1.54, 1.807) is 6.07 Å². The fourth-order valence-corrected chi connectivity index (χ4v) is 2.07. The molecule has 0 amide bonds. The second-order valence-electron chi connectivity index (χ2n) is 3.59. The highest BCUT2D eigenvalue weighted by Gasteiger charge is 2.11. The van der Waals surface area contributed by atoms with Crippen molar-refractivity contribution in [2.75, 3.05) is 0 Å². The lowest BCUT2D eigenvalue weighted by Gasteiger charge is -2.04. The molecule has 0 saturated carbocycles. The van der Waals surface area contributed by atoms with Gasteiger partial charge in [0, 0.05) is 0 Å². The third-order valence-corrected chi connectivity index (χ3v) is 3.03. The minimum absolute atomic E-state index is 0.190. The molecule has 1 aromatic carbocycles. The van der Waals surface area contributed by atoms with Gasteiger partial charge < -0.3 is 0 Å². The molecule has 0 radical (unpaired) electrons. The summed E-state index contributed by atoms with van der Waals surface area (Å²) in [4.78, 5) is 0. The Bertz CT molecular complexity index is 476. The molecular formula is C10H10FIN2. The monoisotopic (exact) mass is 304 g/mol. The van der Waals surface area contributed by atoms with Crippen LogP contribution >= 0.6 is 22.6 Å². The molecule has 1 heterocycles. The number of rotatable bonds is 1. The van der Waals surface area contributed by atoms with Crippen LogP contribution < -0.4 is 0 Å². The van der Waals surface area contributed by atoms with Crippen molar-refractivity contribution in [3.63, 3.8) is 0 Å². The van der Waals surface area contributed by atoms with Crippen molar-refractivity contribution in [3.8, 4) is 0 Å². The fourth-order valence-electron chi connectivity index (χ4n) is 1.42. The van der Waals surface area contributed by atoms with Crippen LogP contribution in [0.4, 0.5) is 4.39 Å². The summed E-state index contributed by atoms with van der Waals surface area (Å²) in [5, 5.41) is 7.42. The quantitative estimate of drug-likeness (QED) is 0.803. The Hall–Kier alpha value is -0.650.